The summed E-state index contributed by atoms with van der Waals surface area (Å²) in [5.74, 6) is 0. The number of morpholine rings is 1. The fourth-order valence-corrected chi connectivity index (χ4v) is 3.29. The summed E-state index contributed by atoms with van der Waals surface area (Å²) in [5.41, 5.74) is 1.90. The molecule has 0 saturated carbocycles. The zero-order valence-electron chi connectivity index (χ0n) is 15.2. The standard InChI is InChI=1S/C19H27N3O3/c1-4-17-13-22(12-14(2)25-17)19(23)20-16-6-5-15-7-8-21(9-10-24-3)18(15)11-16/h5-8,11,14,17H,4,9-10,12-13H2,1-3H3,(H,20,23)/t14-,17-/m1/s1. The average Bonchev–Trinajstić information content (AvgIpc) is 3.01. The van der Waals surface area contributed by atoms with Gasteiger partial charge >= 0.3 is 6.03 Å². The maximum absolute atomic E-state index is 12.6. The molecule has 1 aliphatic heterocycles. The highest BCUT2D eigenvalue weighted by atomic mass is 16.5. The van der Waals surface area contributed by atoms with Crippen LogP contribution in [0.3, 0.4) is 0 Å². The van der Waals surface area contributed by atoms with E-state index in [4.69, 9.17) is 9.47 Å². The lowest BCUT2D eigenvalue weighted by molar-refractivity contribution is -0.0632. The average molecular weight is 345 g/mol. The lowest BCUT2D eigenvalue weighted by atomic mass is 10.2. The summed E-state index contributed by atoms with van der Waals surface area (Å²) in [4.78, 5) is 14.5. The molecule has 1 N–H and O–H groups in total. The van der Waals surface area contributed by atoms with Gasteiger partial charge in [0, 0.05) is 38.6 Å². The second-order valence-corrected chi connectivity index (χ2v) is 6.59. The van der Waals surface area contributed by atoms with E-state index in [1.54, 1.807) is 7.11 Å². The Balaban J connectivity index is 1.72. The van der Waals surface area contributed by atoms with Crippen molar-refractivity contribution in [3.05, 3.63) is 30.5 Å². The number of anilines is 1. The van der Waals surface area contributed by atoms with E-state index in [-0.39, 0.29) is 18.2 Å². The van der Waals surface area contributed by atoms with Gasteiger partial charge in [-0.25, -0.2) is 4.79 Å². The normalized spacial score (nSPS) is 20.8. The molecule has 136 valence electrons. The van der Waals surface area contributed by atoms with E-state index < -0.39 is 0 Å². The number of nitrogens with one attached hydrogen (secondary N) is 1. The number of amides is 2. The highest BCUT2D eigenvalue weighted by molar-refractivity contribution is 5.93. The summed E-state index contributed by atoms with van der Waals surface area (Å²) >= 11 is 0. The van der Waals surface area contributed by atoms with Crippen molar-refractivity contribution in [1.82, 2.24) is 9.47 Å². The minimum atomic E-state index is -0.0667. The molecular weight excluding hydrogens is 318 g/mol. The predicted molar refractivity (Wildman–Crippen MR) is 99.0 cm³/mol. The van der Waals surface area contributed by atoms with Gasteiger partial charge in [-0.15, -0.1) is 0 Å². The Bertz CT molecular complexity index is 728. The molecule has 0 radical (unpaired) electrons. The van der Waals surface area contributed by atoms with Gasteiger partial charge in [0.2, 0.25) is 0 Å². The van der Waals surface area contributed by atoms with E-state index >= 15 is 0 Å². The van der Waals surface area contributed by atoms with Crippen LogP contribution in [-0.4, -0.2) is 54.5 Å². The monoisotopic (exact) mass is 345 g/mol. The molecule has 3 rings (SSSR count). The molecule has 1 aromatic carbocycles. The number of fused-ring (bicyclic) bond motifs is 1. The molecule has 2 atom stereocenters. The van der Waals surface area contributed by atoms with Crippen molar-refractivity contribution in [3.8, 4) is 0 Å². The summed E-state index contributed by atoms with van der Waals surface area (Å²) < 4.78 is 13.1. The van der Waals surface area contributed by atoms with Crippen LogP contribution < -0.4 is 5.32 Å². The van der Waals surface area contributed by atoms with Crippen molar-refractivity contribution in [2.24, 2.45) is 0 Å². The highest BCUT2D eigenvalue weighted by Crippen LogP contribution is 2.22. The van der Waals surface area contributed by atoms with Gasteiger partial charge in [0.25, 0.3) is 0 Å². The third kappa shape index (κ3) is 4.14. The van der Waals surface area contributed by atoms with E-state index in [1.807, 2.05) is 36.2 Å². The molecule has 25 heavy (non-hydrogen) atoms. The van der Waals surface area contributed by atoms with Crippen molar-refractivity contribution >= 4 is 22.6 Å². The molecule has 6 nitrogen and oxygen atoms in total. The number of methoxy groups -OCH3 is 1. The summed E-state index contributed by atoms with van der Waals surface area (Å²) in [6, 6.07) is 8.01. The maximum Gasteiger partial charge on any atom is 0.322 e. The first kappa shape index (κ1) is 17.8. The summed E-state index contributed by atoms with van der Waals surface area (Å²) in [7, 11) is 1.70. The third-order valence-electron chi connectivity index (χ3n) is 4.63. The largest absolute Gasteiger partial charge is 0.383 e. The number of carbonyl (C=O) groups is 1. The molecule has 0 spiro atoms. The molecule has 2 aromatic rings. The number of ether oxygens (including phenoxy) is 2. The quantitative estimate of drug-likeness (QED) is 0.904. The number of aromatic nitrogens is 1. The molecule has 0 bridgehead atoms. The number of hydrogen-bond acceptors (Lipinski definition) is 3. The molecule has 2 amide bonds. The first-order chi connectivity index (χ1) is 12.1. The summed E-state index contributed by atoms with van der Waals surface area (Å²) in [6.07, 6.45) is 3.14. The van der Waals surface area contributed by atoms with E-state index in [2.05, 4.69) is 22.9 Å². The third-order valence-corrected chi connectivity index (χ3v) is 4.63. The Kier molecular flexibility index (Phi) is 5.60. The van der Waals surface area contributed by atoms with Gasteiger partial charge in [-0.3, -0.25) is 0 Å². The Hall–Kier alpha value is -2.05. The number of benzene rings is 1. The lowest BCUT2D eigenvalue weighted by Gasteiger charge is -2.36. The van der Waals surface area contributed by atoms with Crippen LogP contribution in [0.15, 0.2) is 30.5 Å². The first-order valence-corrected chi connectivity index (χ1v) is 8.90. The minimum absolute atomic E-state index is 0.0667. The number of hydrogen-bond donors (Lipinski definition) is 1. The van der Waals surface area contributed by atoms with Crippen molar-refractivity contribution < 1.29 is 14.3 Å². The number of rotatable bonds is 5. The van der Waals surface area contributed by atoms with Crippen LogP contribution in [0.4, 0.5) is 10.5 Å². The fourth-order valence-electron chi connectivity index (χ4n) is 3.29. The van der Waals surface area contributed by atoms with Gasteiger partial charge in [-0.2, -0.15) is 0 Å². The highest BCUT2D eigenvalue weighted by Gasteiger charge is 2.27. The predicted octanol–water partition coefficient (Wildman–Crippen LogP) is 3.32. The zero-order chi connectivity index (χ0) is 17.8. The molecule has 1 aromatic heterocycles. The summed E-state index contributed by atoms with van der Waals surface area (Å²) in [6.45, 7) is 6.80. The van der Waals surface area contributed by atoms with Crippen molar-refractivity contribution in [2.45, 2.75) is 39.0 Å². The topological polar surface area (TPSA) is 55.7 Å². The Morgan fingerprint density at radius 2 is 2.20 bits per heavy atom. The molecule has 2 heterocycles. The van der Waals surface area contributed by atoms with E-state index in [1.165, 1.54) is 0 Å². The van der Waals surface area contributed by atoms with Crippen molar-refractivity contribution in [2.75, 3.05) is 32.1 Å². The Morgan fingerprint density at radius 3 is 2.96 bits per heavy atom. The van der Waals surface area contributed by atoms with E-state index in [0.717, 1.165) is 29.6 Å². The van der Waals surface area contributed by atoms with Gasteiger partial charge in [0.05, 0.1) is 24.3 Å². The Morgan fingerprint density at radius 1 is 1.36 bits per heavy atom. The lowest BCUT2D eigenvalue weighted by Crippen LogP contribution is -2.50. The molecular formula is C19H27N3O3. The van der Waals surface area contributed by atoms with Gasteiger partial charge < -0.3 is 24.3 Å². The van der Waals surface area contributed by atoms with Gasteiger partial charge in [-0.1, -0.05) is 13.0 Å². The minimum Gasteiger partial charge on any atom is -0.383 e. The van der Waals surface area contributed by atoms with Crippen LogP contribution in [0, 0.1) is 0 Å². The molecule has 1 fully saturated rings. The van der Waals surface area contributed by atoms with Gasteiger partial charge in [0.15, 0.2) is 0 Å². The van der Waals surface area contributed by atoms with Gasteiger partial charge in [0.1, 0.15) is 0 Å². The molecule has 0 unspecified atom stereocenters. The number of carbonyl (C=O) groups excluding carboxylic acids is 1. The Labute approximate surface area is 148 Å². The van der Waals surface area contributed by atoms with Crippen molar-refractivity contribution in [1.29, 1.82) is 0 Å². The zero-order valence-corrected chi connectivity index (χ0v) is 15.2. The molecule has 6 heteroatoms. The van der Waals surface area contributed by atoms with Crippen LogP contribution in [-0.2, 0) is 16.0 Å². The number of nitrogens with zero attached hydrogens (tertiary/aromatic N) is 2. The van der Waals surface area contributed by atoms with Crippen LogP contribution >= 0.6 is 0 Å². The van der Waals surface area contributed by atoms with Crippen LogP contribution in [0.1, 0.15) is 20.3 Å². The van der Waals surface area contributed by atoms with Crippen LogP contribution in [0.25, 0.3) is 10.9 Å². The first-order valence-electron chi connectivity index (χ1n) is 8.90. The second-order valence-electron chi connectivity index (χ2n) is 6.59. The second kappa shape index (κ2) is 7.89. The van der Waals surface area contributed by atoms with Crippen LogP contribution in [0.5, 0.6) is 0 Å². The number of urea groups is 1. The van der Waals surface area contributed by atoms with Gasteiger partial charge in [-0.05, 0) is 36.9 Å². The van der Waals surface area contributed by atoms with E-state index in [9.17, 15) is 4.79 Å². The van der Waals surface area contributed by atoms with Crippen molar-refractivity contribution in [3.63, 3.8) is 0 Å². The fraction of sp³-hybridized carbons (Fsp3) is 0.526. The molecule has 0 aliphatic carbocycles. The maximum atomic E-state index is 12.6. The van der Waals surface area contributed by atoms with Crippen LogP contribution in [0.2, 0.25) is 0 Å². The molecule has 1 saturated heterocycles. The molecule has 1 aliphatic rings. The smallest absolute Gasteiger partial charge is 0.322 e. The summed E-state index contributed by atoms with van der Waals surface area (Å²) in [5, 5.41) is 4.18. The van der Waals surface area contributed by atoms with E-state index in [0.29, 0.717) is 19.7 Å². The SMILES string of the molecule is CC[C@@H]1CN(C(=O)Nc2ccc3ccn(CCOC)c3c2)C[C@@H](C)O1.